The normalized spacial score (nSPS) is 17.9. The van der Waals surface area contributed by atoms with Crippen LogP contribution >= 0.6 is 0 Å². The third-order valence-electron chi connectivity index (χ3n) is 3.44. The van der Waals surface area contributed by atoms with Gasteiger partial charge in [0, 0.05) is 18.7 Å². The van der Waals surface area contributed by atoms with Crippen molar-refractivity contribution in [2.45, 2.75) is 18.9 Å². The molecule has 0 saturated carbocycles. The van der Waals surface area contributed by atoms with Gasteiger partial charge in [-0.15, -0.1) is 0 Å². The molecule has 0 spiro atoms. The number of nitrogens with one attached hydrogen (secondary N) is 1. The van der Waals surface area contributed by atoms with E-state index in [-0.39, 0.29) is 6.10 Å². The lowest BCUT2D eigenvalue weighted by Crippen LogP contribution is -2.28. The number of fused-ring (bicyclic) bond motifs is 1. The summed E-state index contributed by atoms with van der Waals surface area (Å²) in [5, 5.41) is 13.0. The number of hydrogen-bond donors (Lipinski definition) is 2. The van der Waals surface area contributed by atoms with Crippen LogP contribution in [0.4, 0.5) is 5.69 Å². The minimum atomic E-state index is -0.260. The smallest absolute Gasteiger partial charge is 0.0753 e. The van der Waals surface area contributed by atoms with Crippen LogP contribution in [0, 0.1) is 0 Å². The zero-order valence-electron chi connectivity index (χ0n) is 10.3. The molecule has 0 fully saturated rings. The monoisotopic (exact) mass is 239 g/mol. The van der Waals surface area contributed by atoms with Gasteiger partial charge in [0.25, 0.3) is 0 Å². The van der Waals surface area contributed by atoms with Crippen LogP contribution in [0.25, 0.3) is 0 Å². The third-order valence-corrected chi connectivity index (χ3v) is 3.44. The van der Waals surface area contributed by atoms with Crippen molar-refractivity contribution in [1.29, 1.82) is 0 Å². The fourth-order valence-electron chi connectivity index (χ4n) is 2.56. The maximum atomic E-state index is 9.67. The van der Waals surface area contributed by atoms with Crippen molar-refractivity contribution in [2.75, 3.05) is 11.9 Å². The number of aliphatic hydroxyl groups excluding tert-OH is 1. The predicted octanol–water partition coefficient (Wildman–Crippen LogP) is 2.61. The van der Waals surface area contributed by atoms with Gasteiger partial charge in [-0.3, -0.25) is 0 Å². The van der Waals surface area contributed by atoms with Gasteiger partial charge in [-0.1, -0.05) is 48.5 Å². The summed E-state index contributed by atoms with van der Waals surface area (Å²) >= 11 is 0. The molecule has 0 radical (unpaired) electrons. The molecular weight excluding hydrogens is 222 g/mol. The van der Waals surface area contributed by atoms with E-state index in [1.54, 1.807) is 0 Å². The Morgan fingerprint density at radius 3 is 2.72 bits per heavy atom. The molecule has 2 nitrogen and oxygen atoms in total. The van der Waals surface area contributed by atoms with Gasteiger partial charge in [-0.05, 0) is 23.1 Å². The lowest BCUT2D eigenvalue weighted by atomic mass is 9.94. The molecule has 2 aromatic rings. The standard InChI is InChI=1S/C16H17NO/c18-15-10-14-8-4-7-13(16(14)17-11-15)9-12-5-2-1-3-6-12/h1-8,15,17-18H,9-11H2. The van der Waals surface area contributed by atoms with Crippen LogP contribution in [0.1, 0.15) is 16.7 Å². The second kappa shape index (κ2) is 4.83. The first-order chi connectivity index (χ1) is 8.83. The molecule has 1 aliphatic rings. The molecule has 1 atom stereocenters. The lowest BCUT2D eigenvalue weighted by Gasteiger charge is -2.25. The van der Waals surface area contributed by atoms with Gasteiger partial charge >= 0.3 is 0 Å². The van der Waals surface area contributed by atoms with Crippen LogP contribution in [0.5, 0.6) is 0 Å². The molecule has 92 valence electrons. The number of anilines is 1. The first kappa shape index (κ1) is 11.3. The van der Waals surface area contributed by atoms with Crippen LogP contribution in [0.3, 0.4) is 0 Å². The van der Waals surface area contributed by atoms with Crippen molar-refractivity contribution < 1.29 is 5.11 Å². The Kier molecular flexibility index (Phi) is 3.03. The van der Waals surface area contributed by atoms with E-state index in [0.717, 1.165) is 12.8 Å². The van der Waals surface area contributed by atoms with Crippen molar-refractivity contribution in [3.8, 4) is 0 Å². The fourth-order valence-corrected chi connectivity index (χ4v) is 2.56. The summed E-state index contributed by atoms with van der Waals surface area (Å²) in [5.41, 5.74) is 5.07. The molecule has 1 heterocycles. The van der Waals surface area contributed by atoms with Crippen molar-refractivity contribution in [3.05, 3.63) is 65.2 Å². The van der Waals surface area contributed by atoms with Gasteiger partial charge in [0.2, 0.25) is 0 Å². The first-order valence-corrected chi connectivity index (χ1v) is 6.39. The van der Waals surface area contributed by atoms with Crippen molar-refractivity contribution in [2.24, 2.45) is 0 Å². The van der Waals surface area contributed by atoms with Gasteiger partial charge in [0.15, 0.2) is 0 Å². The van der Waals surface area contributed by atoms with Gasteiger partial charge in [0.1, 0.15) is 0 Å². The van der Waals surface area contributed by atoms with Crippen LogP contribution in [0.15, 0.2) is 48.5 Å². The van der Waals surface area contributed by atoms with Crippen LogP contribution < -0.4 is 5.32 Å². The number of aliphatic hydroxyl groups is 1. The topological polar surface area (TPSA) is 32.3 Å². The summed E-state index contributed by atoms with van der Waals surface area (Å²) in [7, 11) is 0. The molecule has 0 bridgehead atoms. The van der Waals surface area contributed by atoms with Gasteiger partial charge in [-0.25, -0.2) is 0 Å². The van der Waals surface area contributed by atoms with E-state index in [1.165, 1.54) is 22.4 Å². The maximum Gasteiger partial charge on any atom is 0.0753 e. The molecule has 2 heteroatoms. The fraction of sp³-hybridized carbons (Fsp3) is 0.250. The van der Waals surface area contributed by atoms with Crippen LogP contribution in [-0.4, -0.2) is 17.8 Å². The Bertz CT molecular complexity index is 536. The number of hydrogen-bond acceptors (Lipinski definition) is 2. The quantitative estimate of drug-likeness (QED) is 0.844. The molecule has 0 aliphatic carbocycles. The summed E-state index contributed by atoms with van der Waals surface area (Å²) in [4.78, 5) is 0. The average Bonchev–Trinajstić information content (AvgIpc) is 2.40. The van der Waals surface area contributed by atoms with Crippen LogP contribution in [0.2, 0.25) is 0 Å². The second-order valence-electron chi connectivity index (χ2n) is 4.85. The number of β-amino-alcohol motifs (C(OH)–C–C–N with tert-alkyl or cyclic N) is 1. The maximum absolute atomic E-state index is 9.67. The largest absolute Gasteiger partial charge is 0.391 e. The van der Waals surface area contributed by atoms with Crippen LogP contribution in [-0.2, 0) is 12.8 Å². The van der Waals surface area contributed by atoms with Crippen molar-refractivity contribution >= 4 is 5.69 Å². The summed E-state index contributed by atoms with van der Waals surface area (Å²) in [6.07, 6.45) is 1.43. The van der Waals surface area contributed by atoms with Gasteiger partial charge in [0.05, 0.1) is 6.10 Å². The summed E-state index contributed by atoms with van der Waals surface area (Å²) in [6, 6.07) is 16.8. The molecule has 0 saturated heterocycles. The highest BCUT2D eigenvalue weighted by Gasteiger charge is 2.17. The molecule has 1 unspecified atom stereocenters. The average molecular weight is 239 g/mol. The number of rotatable bonds is 2. The van der Waals surface area contributed by atoms with E-state index < -0.39 is 0 Å². The molecule has 0 amide bonds. The van der Waals surface area contributed by atoms with E-state index >= 15 is 0 Å². The zero-order valence-corrected chi connectivity index (χ0v) is 10.3. The van der Waals surface area contributed by atoms with E-state index in [4.69, 9.17) is 0 Å². The second-order valence-corrected chi connectivity index (χ2v) is 4.85. The van der Waals surface area contributed by atoms with E-state index in [1.807, 2.05) is 6.07 Å². The SMILES string of the molecule is OC1CNc2c(Cc3ccccc3)cccc2C1. The molecule has 18 heavy (non-hydrogen) atoms. The summed E-state index contributed by atoms with van der Waals surface area (Å²) in [5.74, 6) is 0. The molecular formula is C16H17NO. The highest BCUT2D eigenvalue weighted by molar-refractivity contribution is 5.60. The summed E-state index contributed by atoms with van der Waals surface area (Å²) in [6.45, 7) is 0.652. The number of benzene rings is 2. The van der Waals surface area contributed by atoms with Crippen molar-refractivity contribution in [3.63, 3.8) is 0 Å². The minimum absolute atomic E-state index is 0.260. The zero-order chi connectivity index (χ0) is 12.4. The van der Waals surface area contributed by atoms with Crippen molar-refractivity contribution in [1.82, 2.24) is 0 Å². The molecule has 1 aliphatic heterocycles. The summed E-state index contributed by atoms with van der Waals surface area (Å²) < 4.78 is 0. The van der Waals surface area contributed by atoms with Gasteiger partial charge < -0.3 is 10.4 Å². The Labute approximate surface area is 107 Å². The highest BCUT2D eigenvalue weighted by Crippen LogP contribution is 2.27. The predicted molar refractivity (Wildman–Crippen MR) is 73.9 cm³/mol. The van der Waals surface area contributed by atoms with E-state index in [0.29, 0.717) is 6.54 Å². The van der Waals surface area contributed by atoms with Gasteiger partial charge in [-0.2, -0.15) is 0 Å². The van der Waals surface area contributed by atoms with E-state index in [9.17, 15) is 5.11 Å². The minimum Gasteiger partial charge on any atom is -0.391 e. The van der Waals surface area contributed by atoms with E-state index in [2.05, 4.69) is 47.8 Å². The Morgan fingerprint density at radius 1 is 1.06 bits per heavy atom. The third kappa shape index (κ3) is 2.24. The first-order valence-electron chi connectivity index (χ1n) is 6.39. The molecule has 0 aromatic heterocycles. The Hall–Kier alpha value is -1.80. The number of para-hydroxylation sites is 1. The molecule has 2 aromatic carbocycles. The highest BCUT2D eigenvalue weighted by atomic mass is 16.3. The Morgan fingerprint density at radius 2 is 1.89 bits per heavy atom. The molecule has 2 N–H and O–H groups in total. The Balaban J connectivity index is 1.91. The lowest BCUT2D eigenvalue weighted by molar-refractivity contribution is 0.184. The molecule has 3 rings (SSSR count).